The van der Waals surface area contributed by atoms with E-state index in [1.807, 2.05) is 48.3 Å². The number of halogens is 1. The molecule has 0 radical (unpaired) electrons. The summed E-state index contributed by atoms with van der Waals surface area (Å²) in [6, 6.07) is 9.06. The van der Waals surface area contributed by atoms with Crippen LogP contribution in [-0.4, -0.2) is 9.55 Å². The first-order chi connectivity index (χ1) is 10.1. The largest absolute Gasteiger partial charge is 0.368 e. The summed E-state index contributed by atoms with van der Waals surface area (Å²) >= 11 is 1.63. The lowest BCUT2D eigenvalue weighted by molar-refractivity contribution is 0.625. The van der Waals surface area contributed by atoms with E-state index in [0.29, 0.717) is 5.69 Å². The van der Waals surface area contributed by atoms with Crippen molar-refractivity contribution in [2.24, 2.45) is 7.05 Å². The van der Waals surface area contributed by atoms with Gasteiger partial charge in [0.25, 0.3) is 0 Å². The molecule has 3 aromatic rings. The Balaban J connectivity index is 1.99. The molecule has 21 heavy (non-hydrogen) atoms. The first-order valence-electron chi connectivity index (χ1n) is 6.68. The zero-order chi connectivity index (χ0) is 14.8. The Morgan fingerprint density at radius 1 is 1.33 bits per heavy atom. The van der Waals surface area contributed by atoms with Crippen molar-refractivity contribution in [3.63, 3.8) is 0 Å². The molecule has 108 valence electrons. The molecule has 1 unspecified atom stereocenters. The van der Waals surface area contributed by atoms with Gasteiger partial charge in [0, 0.05) is 24.3 Å². The Labute approximate surface area is 127 Å². The van der Waals surface area contributed by atoms with Gasteiger partial charge in [0.1, 0.15) is 17.7 Å². The van der Waals surface area contributed by atoms with E-state index in [-0.39, 0.29) is 11.9 Å². The van der Waals surface area contributed by atoms with Crippen molar-refractivity contribution in [1.82, 2.24) is 9.55 Å². The molecule has 0 spiro atoms. The van der Waals surface area contributed by atoms with Crippen LogP contribution < -0.4 is 5.32 Å². The Morgan fingerprint density at radius 3 is 2.81 bits per heavy atom. The SMILES string of the molecule is Cc1ccc(NC(c2cccs2)c2nccn2C)c(F)c1. The molecule has 0 fully saturated rings. The number of rotatable bonds is 4. The molecule has 0 saturated carbocycles. The quantitative estimate of drug-likeness (QED) is 0.785. The maximum absolute atomic E-state index is 14.1. The summed E-state index contributed by atoms with van der Waals surface area (Å²) in [5, 5.41) is 5.28. The van der Waals surface area contributed by atoms with Crippen LogP contribution in [0.2, 0.25) is 0 Å². The fourth-order valence-electron chi connectivity index (χ4n) is 2.27. The van der Waals surface area contributed by atoms with Gasteiger partial charge in [0.15, 0.2) is 0 Å². The maximum atomic E-state index is 14.1. The van der Waals surface area contributed by atoms with Crippen LogP contribution in [0, 0.1) is 12.7 Å². The van der Waals surface area contributed by atoms with Gasteiger partial charge < -0.3 is 9.88 Å². The minimum atomic E-state index is -0.245. The van der Waals surface area contributed by atoms with Gasteiger partial charge >= 0.3 is 0 Å². The van der Waals surface area contributed by atoms with Crippen molar-refractivity contribution in [3.8, 4) is 0 Å². The summed E-state index contributed by atoms with van der Waals surface area (Å²) in [5.74, 6) is 0.614. The van der Waals surface area contributed by atoms with Gasteiger partial charge in [-0.1, -0.05) is 12.1 Å². The molecule has 2 aromatic heterocycles. The van der Waals surface area contributed by atoms with Crippen LogP contribution in [0.5, 0.6) is 0 Å². The van der Waals surface area contributed by atoms with E-state index >= 15 is 0 Å². The third kappa shape index (κ3) is 2.83. The first-order valence-corrected chi connectivity index (χ1v) is 7.56. The van der Waals surface area contributed by atoms with Crippen molar-refractivity contribution in [2.45, 2.75) is 13.0 Å². The average Bonchev–Trinajstić information content (AvgIpc) is 3.10. The monoisotopic (exact) mass is 301 g/mol. The van der Waals surface area contributed by atoms with E-state index in [4.69, 9.17) is 0 Å². The molecule has 2 heterocycles. The van der Waals surface area contributed by atoms with Gasteiger partial charge in [-0.2, -0.15) is 0 Å². The number of hydrogen-bond acceptors (Lipinski definition) is 3. The third-order valence-corrected chi connectivity index (χ3v) is 4.31. The summed E-state index contributed by atoms with van der Waals surface area (Å²) in [6.45, 7) is 1.88. The van der Waals surface area contributed by atoms with Crippen LogP contribution in [0.4, 0.5) is 10.1 Å². The Bertz CT molecular complexity index is 734. The topological polar surface area (TPSA) is 29.9 Å². The molecular formula is C16H16FN3S. The second-order valence-electron chi connectivity index (χ2n) is 4.97. The average molecular weight is 301 g/mol. The van der Waals surface area contributed by atoms with Crippen molar-refractivity contribution >= 4 is 17.0 Å². The number of nitrogens with one attached hydrogen (secondary N) is 1. The van der Waals surface area contributed by atoms with Crippen LogP contribution in [0.1, 0.15) is 22.3 Å². The molecule has 0 aliphatic rings. The molecule has 0 bridgehead atoms. The number of nitrogens with zero attached hydrogens (tertiary/aromatic N) is 2. The molecule has 0 aliphatic carbocycles. The summed E-state index contributed by atoms with van der Waals surface area (Å²) < 4.78 is 16.1. The van der Waals surface area contributed by atoms with Crippen molar-refractivity contribution in [1.29, 1.82) is 0 Å². The van der Waals surface area contributed by atoms with Crippen LogP contribution in [0.25, 0.3) is 0 Å². The fourth-order valence-corrected chi connectivity index (χ4v) is 3.04. The van der Waals surface area contributed by atoms with Crippen LogP contribution in [-0.2, 0) is 7.05 Å². The highest BCUT2D eigenvalue weighted by Crippen LogP contribution is 2.29. The molecule has 0 saturated heterocycles. The van der Waals surface area contributed by atoms with Gasteiger partial charge in [-0.15, -0.1) is 11.3 Å². The summed E-state index contributed by atoms with van der Waals surface area (Å²) in [4.78, 5) is 5.50. The minimum absolute atomic E-state index is 0.165. The number of thiophene rings is 1. The number of hydrogen-bond donors (Lipinski definition) is 1. The minimum Gasteiger partial charge on any atom is -0.368 e. The number of aromatic nitrogens is 2. The van der Waals surface area contributed by atoms with E-state index in [1.165, 1.54) is 6.07 Å². The lowest BCUT2D eigenvalue weighted by atomic mass is 10.1. The number of anilines is 1. The van der Waals surface area contributed by atoms with E-state index in [9.17, 15) is 4.39 Å². The molecule has 1 atom stereocenters. The summed E-state index contributed by atoms with van der Waals surface area (Å²) in [5.41, 5.74) is 1.39. The van der Waals surface area contributed by atoms with Gasteiger partial charge in [0.2, 0.25) is 0 Å². The van der Waals surface area contributed by atoms with Crippen LogP contribution >= 0.6 is 11.3 Å². The molecule has 0 amide bonds. The fraction of sp³-hybridized carbons (Fsp3) is 0.188. The van der Waals surface area contributed by atoms with Crippen LogP contribution in [0.15, 0.2) is 48.1 Å². The van der Waals surface area contributed by atoms with E-state index in [0.717, 1.165) is 16.3 Å². The maximum Gasteiger partial charge on any atom is 0.146 e. The second kappa shape index (κ2) is 5.69. The van der Waals surface area contributed by atoms with E-state index < -0.39 is 0 Å². The Hall–Kier alpha value is -2.14. The van der Waals surface area contributed by atoms with E-state index in [2.05, 4.69) is 10.3 Å². The zero-order valence-electron chi connectivity index (χ0n) is 11.9. The Kier molecular flexibility index (Phi) is 3.75. The second-order valence-corrected chi connectivity index (χ2v) is 5.95. The highest BCUT2D eigenvalue weighted by molar-refractivity contribution is 7.10. The van der Waals surface area contributed by atoms with Gasteiger partial charge in [-0.05, 0) is 36.1 Å². The molecule has 0 aliphatic heterocycles. The molecule has 1 N–H and O–H groups in total. The molecular weight excluding hydrogens is 285 g/mol. The lowest BCUT2D eigenvalue weighted by Gasteiger charge is -2.19. The number of imidazole rings is 1. The predicted molar refractivity (Wildman–Crippen MR) is 84.1 cm³/mol. The number of aryl methyl sites for hydroxylation is 2. The highest BCUT2D eigenvalue weighted by atomic mass is 32.1. The highest BCUT2D eigenvalue weighted by Gasteiger charge is 2.20. The standard InChI is InChI=1S/C16H16FN3S/c1-11-5-6-13(12(17)10-11)19-15(14-4-3-9-21-14)16-18-7-8-20(16)2/h3-10,15,19H,1-2H3. The van der Waals surface area contributed by atoms with Crippen molar-refractivity contribution in [2.75, 3.05) is 5.32 Å². The molecule has 1 aromatic carbocycles. The molecule has 3 rings (SSSR count). The van der Waals surface area contributed by atoms with Gasteiger partial charge in [0.05, 0.1) is 5.69 Å². The third-order valence-electron chi connectivity index (χ3n) is 3.37. The van der Waals surface area contributed by atoms with E-state index in [1.54, 1.807) is 23.6 Å². The van der Waals surface area contributed by atoms with Crippen LogP contribution in [0.3, 0.4) is 0 Å². The zero-order valence-corrected chi connectivity index (χ0v) is 12.7. The molecule has 5 heteroatoms. The summed E-state index contributed by atoms with van der Waals surface area (Å²) in [6.07, 6.45) is 3.65. The molecule has 3 nitrogen and oxygen atoms in total. The van der Waals surface area contributed by atoms with Crippen molar-refractivity contribution in [3.05, 3.63) is 70.2 Å². The van der Waals surface area contributed by atoms with Gasteiger partial charge in [-0.25, -0.2) is 9.37 Å². The van der Waals surface area contributed by atoms with Crippen molar-refractivity contribution < 1.29 is 4.39 Å². The number of benzene rings is 1. The first kappa shape index (κ1) is 13.8. The van der Waals surface area contributed by atoms with Gasteiger partial charge in [-0.3, -0.25) is 0 Å². The smallest absolute Gasteiger partial charge is 0.146 e. The lowest BCUT2D eigenvalue weighted by Crippen LogP contribution is -2.16. The normalized spacial score (nSPS) is 12.3. The predicted octanol–water partition coefficient (Wildman–Crippen LogP) is 4.13. The Morgan fingerprint density at radius 2 is 2.19 bits per heavy atom. The summed E-state index contributed by atoms with van der Waals surface area (Å²) in [7, 11) is 1.94.